The number of benzene rings is 1. The molecule has 1 fully saturated rings. The van der Waals surface area contributed by atoms with Gasteiger partial charge >= 0.3 is 0 Å². The van der Waals surface area contributed by atoms with Crippen LogP contribution in [-0.2, 0) is 5.41 Å². The van der Waals surface area contributed by atoms with E-state index in [0.29, 0.717) is 11.4 Å². The molecular formula is C15H23N3O2. The fourth-order valence-electron chi connectivity index (χ4n) is 3.49. The minimum atomic E-state index is 0.113. The van der Waals surface area contributed by atoms with E-state index in [-0.39, 0.29) is 5.41 Å². The number of hydrogen-bond acceptors (Lipinski definition) is 4. The van der Waals surface area contributed by atoms with Crippen LogP contribution in [0.2, 0.25) is 0 Å². The summed E-state index contributed by atoms with van der Waals surface area (Å²) >= 11 is 0. The first kappa shape index (κ1) is 14.6. The maximum absolute atomic E-state index is 10.8. The van der Waals surface area contributed by atoms with Crippen molar-refractivity contribution in [1.82, 2.24) is 0 Å². The van der Waals surface area contributed by atoms with Crippen LogP contribution < -0.4 is 15.9 Å². The van der Waals surface area contributed by atoms with Crippen molar-refractivity contribution in [3.05, 3.63) is 21.6 Å². The third-order valence-corrected chi connectivity index (χ3v) is 4.87. The molecule has 1 saturated carbocycles. The van der Waals surface area contributed by atoms with Crippen LogP contribution in [0.15, 0.2) is 5.29 Å². The topological polar surface area (TPSA) is 76.7 Å². The second-order valence-corrected chi connectivity index (χ2v) is 5.64. The summed E-state index contributed by atoms with van der Waals surface area (Å²) in [5.74, 6) is 0.628. The van der Waals surface area contributed by atoms with E-state index in [9.17, 15) is 4.91 Å². The first-order valence-electron chi connectivity index (χ1n) is 7.07. The van der Waals surface area contributed by atoms with Crippen molar-refractivity contribution < 1.29 is 4.74 Å². The largest absolute Gasteiger partial charge is 0.494 e. The Bertz CT molecular complexity index is 531. The number of nitroso groups, excluding NO2 is 1. The van der Waals surface area contributed by atoms with Gasteiger partial charge in [0, 0.05) is 5.56 Å². The Morgan fingerprint density at radius 3 is 2.40 bits per heavy atom. The smallest absolute Gasteiger partial charge is 0.147 e. The van der Waals surface area contributed by atoms with E-state index in [1.165, 1.54) is 6.42 Å². The summed E-state index contributed by atoms with van der Waals surface area (Å²) in [6, 6.07) is 0. The van der Waals surface area contributed by atoms with Gasteiger partial charge in [-0.05, 0) is 49.7 Å². The number of methoxy groups -OCH3 is 1. The molecule has 20 heavy (non-hydrogen) atoms. The van der Waals surface area contributed by atoms with Gasteiger partial charge in [-0.2, -0.15) is 0 Å². The van der Waals surface area contributed by atoms with Crippen molar-refractivity contribution in [2.45, 2.75) is 51.9 Å². The van der Waals surface area contributed by atoms with Gasteiger partial charge in [0.1, 0.15) is 5.75 Å². The molecule has 1 aromatic carbocycles. The van der Waals surface area contributed by atoms with E-state index in [2.05, 4.69) is 17.6 Å². The number of nitrogens with two attached hydrogens (primary N) is 1. The van der Waals surface area contributed by atoms with Gasteiger partial charge in [-0.3, -0.25) is 0 Å². The Morgan fingerprint density at radius 1 is 1.35 bits per heavy atom. The first-order valence-corrected chi connectivity index (χ1v) is 7.07. The Balaban J connectivity index is 2.74. The number of nitrogen functional groups attached to an aromatic ring is 1. The standard InChI is InChI=1S/C15H23N3O2/c1-5-15(7-6-8-15)11-9(2)12(16)14(20-4)10(3)13(11)17-18-19/h5-8,16H2,1-4H3,(H,17,19). The van der Waals surface area contributed by atoms with E-state index in [1.54, 1.807) is 7.11 Å². The molecule has 1 aromatic rings. The van der Waals surface area contributed by atoms with E-state index in [1.807, 2.05) is 13.8 Å². The number of rotatable bonds is 5. The fourth-order valence-corrected chi connectivity index (χ4v) is 3.49. The van der Waals surface area contributed by atoms with Gasteiger partial charge in [0.15, 0.2) is 0 Å². The van der Waals surface area contributed by atoms with Crippen LogP contribution in [-0.4, -0.2) is 7.11 Å². The van der Waals surface area contributed by atoms with Crippen molar-refractivity contribution in [2.24, 2.45) is 5.29 Å². The highest BCUT2D eigenvalue weighted by Gasteiger charge is 2.41. The molecule has 110 valence electrons. The molecule has 2 rings (SSSR count). The molecule has 0 amide bonds. The highest BCUT2D eigenvalue weighted by atomic mass is 16.5. The average Bonchev–Trinajstić information content (AvgIpc) is 2.39. The lowest BCUT2D eigenvalue weighted by molar-refractivity contribution is 0.234. The van der Waals surface area contributed by atoms with Crippen molar-refractivity contribution in [3.63, 3.8) is 0 Å². The molecule has 0 aromatic heterocycles. The number of anilines is 2. The van der Waals surface area contributed by atoms with Crippen LogP contribution in [0, 0.1) is 18.8 Å². The van der Waals surface area contributed by atoms with Crippen molar-refractivity contribution >= 4 is 11.4 Å². The second-order valence-electron chi connectivity index (χ2n) is 5.64. The van der Waals surface area contributed by atoms with Crippen LogP contribution in [0.3, 0.4) is 0 Å². The number of hydrogen-bond donors (Lipinski definition) is 2. The molecule has 0 radical (unpaired) electrons. The number of ether oxygens (including phenoxy) is 1. The predicted octanol–water partition coefficient (Wildman–Crippen LogP) is 3.82. The summed E-state index contributed by atoms with van der Waals surface area (Å²) in [7, 11) is 1.59. The summed E-state index contributed by atoms with van der Waals surface area (Å²) in [4.78, 5) is 10.8. The van der Waals surface area contributed by atoms with Gasteiger partial charge in [-0.15, -0.1) is 4.91 Å². The molecule has 0 bridgehead atoms. The van der Waals surface area contributed by atoms with Crippen LogP contribution in [0.4, 0.5) is 11.4 Å². The molecular weight excluding hydrogens is 254 g/mol. The maximum atomic E-state index is 10.8. The summed E-state index contributed by atoms with van der Waals surface area (Å²) in [6.45, 7) is 6.10. The quantitative estimate of drug-likeness (QED) is 0.487. The van der Waals surface area contributed by atoms with Crippen LogP contribution in [0.5, 0.6) is 5.75 Å². The molecule has 0 aliphatic heterocycles. The Hall–Kier alpha value is -1.78. The van der Waals surface area contributed by atoms with Gasteiger partial charge in [0.05, 0.1) is 23.8 Å². The van der Waals surface area contributed by atoms with Gasteiger partial charge in [-0.25, -0.2) is 5.43 Å². The fraction of sp³-hybridized carbons (Fsp3) is 0.600. The van der Waals surface area contributed by atoms with Crippen LogP contribution in [0.1, 0.15) is 49.3 Å². The molecule has 0 atom stereocenters. The van der Waals surface area contributed by atoms with Gasteiger partial charge < -0.3 is 10.5 Å². The molecule has 5 heteroatoms. The first-order chi connectivity index (χ1) is 9.52. The SMILES string of the molecule is CCC1(c2c(C)c(N)c(OC)c(C)c2NN=O)CCC1. The molecule has 0 unspecified atom stereocenters. The minimum absolute atomic E-state index is 0.113. The molecule has 1 aliphatic rings. The molecule has 5 nitrogen and oxygen atoms in total. The van der Waals surface area contributed by atoms with Gasteiger partial charge in [0.25, 0.3) is 0 Å². The Kier molecular flexibility index (Phi) is 3.88. The molecule has 1 aliphatic carbocycles. The summed E-state index contributed by atoms with van der Waals surface area (Å²) in [6.07, 6.45) is 4.50. The monoisotopic (exact) mass is 277 g/mol. The Labute approximate surface area is 119 Å². The van der Waals surface area contributed by atoms with E-state index < -0.39 is 0 Å². The van der Waals surface area contributed by atoms with Gasteiger partial charge in [-0.1, -0.05) is 13.3 Å². The summed E-state index contributed by atoms with van der Waals surface area (Å²) in [5.41, 5.74) is 13.4. The molecule has 3 N–H and O–H groups in total. The number of nitrogens with zero attached hydrogens (tertiary/aromatic N) is 1. The summed E-state index contributed by atoms with van der Waals surface area (Å²) < 4.78 is 5.39. The van der Waals surface area contributed by atoms with Crippen molar-refractivity contribution in [2.75, 3.05) is 18.3 Å². The zero-order chi connectivity index (χ0) is 14.9. The normalized spacial score (nSPS) is 16.4. The van der Waals surface area contributed by atoms with Crippen LogP contribution in [0.25, 0.3) is 0 Å². The lowest BCUT2D eigenvalue weighted by Gasteiger charge is -2.44. The Morgan fingerprint density at radius 2 is 2.00 bits per heavy atom. The van der Waals surface area contributed by atoms with E-state index in [0.717, 1.165) is 41.6 Å². The molecule has 0 spiro atoms. The van der Waals surface area contributed by atoms with E-state index >= 15 is 0 Å². The molecule has 0 heterocycles. The van der Waals surface area contributed by atoms with E-state index in [4.69, 9.17) is 10.5 Å². The second kappa shape index (κ2) is 5.31. The summed E-state index contributed by atoms with van der Waals surface area (Å²) in [5, 5.41) is 2.88. The lowest BCUT2D eigenvalue weighted by Crippen LogP contribution is -2.35. The average molecular weight is 277 g/mol. The third-order valence-electron chi connectivity index (χ3n) is 4.87. The maximum Gasteiger partial charge on any atom is 0.147 e. The van der Waals surface area contributed by atoms with Crippen LogP contribution >= 0.6 is 0 Å². The molecule has 0 saturated heterocycles. The highest BCUT2D eigenvalue weighted by Crippen LogP contribution is 2.53. The zero-order valence-corrected chi connectivity index (χ0v) is 12.7. The highest BCUT2D eigenvalue weighted by molar-refractivity contribution is 5.77. The zero-order valence-electron chi connectivity index (χ0n) is 12.7. The van der Waals surface area contributed by atoms with Gasteiger partial charge in [0.2, 0.25) is 0 Å². The minimum Gasteiger partial charge on any atom is -0.494 e. The number of nitrogens with one attached hydrogen (secondary N) is 1. The lowest BCUT2D eigenvalue weighted by atomic mass is 9.61. The van der Waals surface area contributed by atoms with Crippen molar-refractivity contribution in [3.8, 4) is 5.75 Å². The predicted molar refractivity (Wildman–Crippen MR) is 82.1 cm³/mol. The van der Waals surface area contributed by atoms with Crippen molar-refractivity contribution in [1.29, 1.82) is 0 Å². The third kappa shape index (κ3) is 1.92.